The summed E-state index contributed by atoms with van der Waals surface area (Å²) in [6, 6.07) is 10.6. The van der Waals surface area contributed by atoms with Crippen molar-refractivity contribution in [2.24, 2.45) is 0 Å². The van der Waals surface area contributed by atoms with Crippen LogP contribution in [0.5, 0.6) is 0 Å². The summed E-state index contributed by atoms with van der Waals surface area (Å²) in [5.41, 5.74) is 5.44. The minimum Gasteiger partial charge on any atom is -0.442 e. The lowest BCUT2D eigenvalue weighted by Crippen LogP contribution is -2.40. The van der Waals surface area contributed by atoms with Crippen molar-refractivity contribution in [3.8, 4) is 0 Å². The fourth-order valence-electron chi connectivity index (χ4n) is 2.24. The molecule has 0 spiro atoms. The number of carbonyl (C=O) groups excluding carboxylic acids is 2. The van der Waals surface area contributed by atoms with Gasteiger partial charge in [-0.2, -0.15) is 0 Å². The molecule has 1 aliphatic heterocycles. The SMILES string of the molecule is [NH3+]c1ccc(N2C[C@H](CNC(=O)c3ccc(Cl)s3)OC2=O)cc1. The fraction of sp³-hybridized carbons (Fsp3) is 0.200. The number of quaternary nitrogens is 1. The van der Waals surface area contributed by atoms with Gasteiger partial charge in [-0.1, -0.05) is 11.6 Å². The molecule has 2 heterocycles. The molecule has 1 aromatic carbocycles. The van der Waals surface area contributed by atoms with Gasteiger partial charge in [0.15, 0.2) is 0 Å². The quantitative estimate of drug-likeness (QED) is 0.882. The lowest BCUT2D eigenvalue weighted by molar-refractivity contribution is -0.254. The number of hydrogen-bond donors (Lipinski definition) is 2. The van der Waals surface area contributed by atoms with Crippen LogP contribution >= 0.6 is 22.9 Å². The van der Waals surface area contributed by atoms with E-state index in [4.69, 9.17) is 16.3 Å². The van der Waals surface area contributed by atoms with E-state index in [9.17, 15) is 9.59 Å². The lowest BCUT2D eigenvalue weighted by Gasteiger charge is -2.12. The molecule has 0 bridgehead atoms. The standard InChI is InChI=1S/C15H14ClN3O3S/c16-13-6-5-12(23-13)14(20)18-7-11-8-19(15(21)22-11)10-3-1-9(17)2-4-10/h1-6,11H,7-8,17H2,(H,18,20)/p+1/t11-/m0/s1. The highest BCUT2D eigenvalue weighted by molar-refractivity contribution is 7.17. The Morgan fingerprint density at radius 1 is 1.35 bits per heavy atom. The van der Waals surface area contributed by atoms with Gasteiger partial charge in [-0.3, -0.25) is 9.69 Å². The van der Waals surface area contributed by atoms with Gasteiger partial charge in [-0.25, -0.2) is 4.79 Å². The summed E-state index contributed by atoms with van der Waals surface area (Å²) in [5.74, 6) is -0.224. The molecule has 0 saturated carbocycles. The van der Waals surface area contributed by atoms with Crippen LogP contribution in [-0.2, 0) is 4.74 Å². The molecule has 120 valence electrons. The van der Waals surface area contributed by atoms with Crippen LogP contribution in [0.15, 0.2) is 36.4 Å². The molecule has 1 aliphatic rings. The van der Waals surface area contributed by atoms with Crippen molar-refractivity contribution in [1.29, 1.82) is 0 Å². The lowest BCUT2D eigenvalue weighted by atomic mass is 10.2. The van der Waals surface area contributed by atoms with Gasteiger partial charge in [0.2, 0.25) is 0 Å². The van der Waals surface area contributed by atoms with Crippen LogP contribution in [-0.4, -0.2) is 31.2 Å². The Bertz CT molecular complexity index is 732. The van der Waals surface area contributed by atoms with E-state index < -0.39 is 6.09 Å². The number of nitrogens with zero attached hydrogens (tertiary/aromatic N) is 1. The summed E-state index contributed by atoms with van der Waals surface area (Å²) in [6.07, 6.45) is -0.804. The summed E-state index contributed by atoms with van der Waals surface area (Å²) in [6.45, 7) is 0.644. The summed E-state index contributed by atoms with van der Waals surface area (Å²) >= 11 is 7.01. The topological polar surface area (TPSA) is 86.3 Å². The van der Waals surface area contributed by atoms with Crippen LogP contribution in [0.2, 0.25) is 4.34 Å². The fourth-order valence-corrected chi connectivity index (χ4v) is 3.20. The number of cyclic esters (lactones) is 1. The molecular weight excluding hydrogens is 338 g/mol. The van der Waals surface area contributed by atoms with Crippen molar-refractivity contribution >= 4 is 46.3 Å². The first-order valence-corrected chi connectivity index (χ1v) is 8.16. The van der Waals surface area contributed by atoms with Crippen LogP contribution in [0.25, 0.3) is 0 Å². The smallest absolute Gasteiger partial charge is 0.414 e. The molecule has 1 fully saturated rings. The normalized spacial score (nSPS) is 17.2. The number of thiophene rings is 1. The van der Waals surface area contributed by atoms with Crippen LogP contribution in [0.4, 0.5) is 16.2 Å². The highest BCUT2D eigenvalue weighted by Crippen LogP contribution is 2.23. The monoisotopic (exact) mass is 352 g/mol. The number of amides is 2. The summed E-state index contributed by atoms with van der Waals surface area (Å²) in [4.78, 5) is 26.0. The highest BCUT2D eigenvalue weighted by Gasteiger charge is 2.32. The van der Waals surface area contributed by atoms with Crippen LogP contribution < -0.4 is 16.0 Å². The molecule has 1 atom stereocenters. The first-order chi connectivity index (χ1) is 11.0. The number of benzene rings is 1. The van der Waals surface area contributed by atoms with Gasteiger partial charge in [0.05, 0.1) is 22.3 Å². The molecule has 3 rings (SSSR count). The number of ether oxygens (including phenoxy) is 1. The molecular formula is C15H15ClN3O3S+. The average molecular weight is 353 g/mol. The van der Waals surface area contributed by atoms with E-state index in [1.807, 2.05) is 24.3 Å². The molecule has 2 aromatic rings. The largest absolute Gasteiger partial charge is 0.442 e. The Balaban J connectivity index is 1.57. The second-order valence-corrected chi connectivity index (χ2v) is 6.81. The first-order valence-electron chi connectivity index (χ1n) is 6.96. The maximum absolute atomic E-state index is 12.0. The van der Waals surface area contributed by atoms with Crippen molar-refractivity contribution in [3.05, 3.63) is 45.6 Å². The number of hydrogen-bond acceptors (Lipinski definition) is 4. The molecule has 1 saturated heterocycles. The zero-order chi connectivity index (χ0) is 16.4. The third kappa shape index (κ3) is 3.64. The van der Waals surface area contributed by atoms with E-state index in [-0.39, 0.29) is 18.6 Å². The van der Waals surface area contributed by atoms with Crippen LogP contribution in [0, 0.1) is 0 Å². The van der Waals surface area contributed by atoms with Gasteiger partial charge in [0, 0.05) is 17.8 Å². The Morgan fingerprint density at radius 2 is 2.09 bits per heavy atom. The predicted octanol–water partition coefficient (Wildman–Crippen LogP) is 2.03. The molecule has 4 N–H and O–H groups in total. The second-order valence-electron chi connectivity index (χ2n) is 5.10. The molecule has 0 unspecified atom stereocenters. The van der Waals surface area contributed by atoms with Crippen molar-refractivity contribution in [1.82, 2.24) is 5.32 Å². The third-order valence-electron chi connectivity index (χ3n) is 3.41. The minimum absolute atomic E-state index is 0.224. The Labute approximate surface area is 141 Å². The maximum Gasteiger partial charge on any atom is 0.414 e. The Morgan fingerprint density at radius 3 is 2.74 bits per heavy atom. The number of halogens is 1. The van der Waals surface area contributed by atoms with Gasteiger partial charge in [-0.15, -0.1) is 11.3 Å². The van der Waals surface area contributed by atoms with E-state index in [1.54, 1.807) is 12.1 Å². The predicted molar refractivity (Wildman–Crippen MR) is 88.3 cm³/mol. The molecule has 1 aromatic heterocycles. The van der Waals surface area contributed by atoms with Crippen molar-refractivity contribution in [3.63, 3.8) is 0 Å². The number of nitrogens with one attached hydrogen (secondary N) is 1. The van der Waals surface area contributed by atoms with Crippen LogP contribution in [0.3, 0.4) is 0 Å². The van der Waals surface area contributed by atoms with Crippen molar-refractivity contribution in [2.45, 2.75) is 6.10 Å². The van der Waals surface area contributed by atoms with E-state index in [2.05, 4.69) is 11.1 Å². The summed E-state index contributed by atoms with van der Waals surface area (Å²) in [5, 5.41) is 2.75. The zero-order valence-electron chi connectivity index (χ0n) is 12.1. The molecule has 6 nitrogen and oxygen atoms in total. The summed E-state index contributed by atoms with van der Waals surface area (Å²) in [7, 11) is 0. The van der Waals surface area contributed by atoms with Crippen molar-refractivity contribution < 1.29 is 20.1 Å². The number of rotatable bonds is 4. The van der Waals surface area contributed by atoms with Gasteiger partial charge in [0.25, 0.3) is 5.91 Å². The molecule has 2 amide bonds. The van der Waals surface area contributed by atoms with Gasteiger partial charge >= 0.3 is 6.09 Å². The van der Waals surface area contributed by atoms with Crippen LogP contribution in [0.1, 0.15) is 9.67 Å². The maximum atomic E-state index is 12.0. The average Bonchev–Trinajstić information content (AvgIpc) is 3.12. The van der Waals surface area contributed by atoms with Crippen molar-refractivity contribution in [2.75, 3.05) is 18.0 Å². The number of carbonyl (C=O) groups is 2. The highest BCUT2D eigenvalue weighted by atomic mass is 35.5. The van der Waals surface area contributed by atoms with E-state index in [0.29, 0.717) is 15.8 Å². The van der Waals surface area contributed by atoms with E-state index in [0.717, 1.165) is 11.4 Å². The van der Waals surface area contributed by atoms with Gasteiger partial charge in [0.1, 0.15) is 11.8 Å². The zero-order valence-corrected chi connectivity index (χ0v) is 13.7. The number of anilines is 1. The van der Waals surface area contributed by atoms with E-state index in [1.165, 1.54) is 16.2 Å². The Hall–Kier alpha value is -2.09. The van der Waals surface area contributed by atoms with Gasteiger partial charge in [-0.05, 0) is 24.3 Å². The molecule has 0 radical (unpaired) electrons. The third-order valence-corrected chi connectivity index (χ3v) is 4.64. The molecule has 23 heavy (non-hydrogen) atoms. The molecule has 0 aliphatic carbocycles. The first kappa shape index (κ1) is 15.8. The minimum atomic E-state index is -0.416. The van der Waals surface area contributed by atoms with Gasteiger partial charge < -0.3 is 15.8 Å². The Kier molecular flexibility index (Phi) is 4.51. The second kappa shape index (κ2) is 6.57. The molecule has 8 heteroatoms. The van der Waals surface area contributed by atoms with E-state index >= 15 is 0 Å². The summed E-state index contributed by atoms with van der Waals surface area (Å²) < 4.78 is 5.84.